The number of hydrogen-bond donors (Lipinski definition) is 1. The number of nitrogens with zero attached hydrogens (tertiary/aromatic N) is 6. The van der Waals surface area contributed by atoms with Gasteiger partial charge in [0.2, 0.25) is 0 Å². The normalized spacial score (nSPS) is 19.3. The average molecular weight is 519 g/mol. The molecule has 29 heavy (non-hydrogen) atoms. The van der Waals surface area contributed by atoms with E-state index in [4.69, 9.17) is 9.73 Å². The van der Waals surface area contributed by atoms with Crippen molar-refractivity contribution in [3.63, 3.8) is 0 Å². The van der Waals surface area contributed by atoms with Gasteiger partial charge < -0.3 is 19.5 Å². The second-order valence-electron chi connectivity index (χ2n) is 7.95. The minimum Gasteiger partial charge on any atom is -0.385 e. The van der Waals surface area contributed by atoms with Crippen LogP contribution >= 0.6 is 24.0 Å². The zero-order valence-electron chi connectivity index (χ0n) is 18.3. The van der Waals surface area contributed by atoms with E-state index in [1.807, 2.05) is 18.5 Å². The zero-order valence-corrected chi connectivity index (χ0v) is 20.6. The number of aliphatic imine (C=N–C) groups is 1. The number of piperazine rings is 1. The number of nitrogens with one attached hydrogen (secondary N) is 1. The summed E-state index contributed by atoms with van der Waals surface area (Å²) in [6.45, 7) is 8.47. The fourth-order valence-electron chi connectivity index (χ4n) is 4.16. The Balaban J connectivity index is 0.00000300. The van der Waals surface area contributed by atoms with Crippen LogP contribution in [0.3, 0.4) is 0 Å². The van der Waals surface area contributed by atoms with Gasteiger partial charge >= 0.3 is 0 Å². The Morgan fingerprint density at radius 1 is 1.14 bits per heavy atom. The number of guanidine groups is 1. The van der Waals surface area contributed by atoms with Crippen LogP contribution in [0.1, 0.15) is 50.2 Å². The molecule has 0 amide bonds. The summed E-state index contributed by atoms with van der Waals surface area (Å²) in [5.74, 6) is 2.80. The lowest BCUT2D eigenvalue weighted by Crippen LogP contribution is -2.55. The van der Waals surface area contributed by atoms with Gasteiger partial charge in [0.15, 0.2) is 11.8 Å². The van der Waals surface area contributed by atoms with Crippen molar-refractivity contribution in [2.75, 3.05) is 46.4 Å². The highest BCUT2D eigenvalue weighted by Crippen LogP contribution is 2.23. The topological polar surface area (TPSA) is 70.8 Å². The molecule has 1 aromatic heterocycles. The van der Waals surface area contributed by atoms with Crippen LogP contribution in [0.2, 0.25) is 0 Å². The van der Waals surface area contributed by atoms with Crippen molar-refractivity contribution in [3.8, 4) is 0 Å². The number of methoxy groups -OCH3 is 1. The Morgan fingerprint density at radius 3 is 2.48 bits per heavy atom. The Hall–Kier alpha value is -0.940. The van der Waals surface area contributed by atoms with Crippen LogP contribution in [0.15, 0.2) is 4.99 Å². The summed E-state index contributed by atoms with van der Waals surface area (Å²) in [6, 6.07) is 0.799. The van der Waals surface area contributed by atoms with Crippen LogP contribution in [0.5, 0.6) is 0 Å². The van der Waals surface area contributed by atoms with Crippen molar-refractivity contribution in [3.05, 3.63) is 11.6 Å². The van der Waals surface area contributed by atoms with Gasteiger partial charge in [0.1, 0.15) is 12.4 Å². The van der Waals surface area contributed by atoms with Crippen LogP contribution in [-0.4, -0.2) is 83.0 Å². The Bertz CT molecular complexity index is 622. The summed E-state index contributed by atoms with van der Waals surface area (Å²) in [6.07, 6.45) is 7.94. The summed E-state index contributed by atoms with van der Waals surface area (Å²) >= 11 is 0. The fraction of sp³-hybridized carbons (Fsp3) is 0.850. The van der Waals surface area contributed by atoms with E-state index in [9.17, 15) is 0 Å². The summed E-state index contributed by atoms with van der Waals surface area (Å²) in [5.41, 5.74) is 0. The van der Waals surface area contributed by atoms with E-state index in [0.717, 1.165) is 69.4 Å². The minimum absolute atomic E-state index is 0. The number of aryl methyl sites for hydroxylation is 1. The van der Waals surface area contributed by atoms with Crippen molar-refractivity contribution in [2.45, 2.75) is 58.0 Å². The lowest BCUT2D eigenvalue weighted by Gasteiger charge is -2.41. The zero-order chi connectivity index (χ0) is 19.8. The average Bonchev–Trinajstić information content (AvgIpc) is 3.06. The van der Waals surface area contributed by atoms with Crippen molar-refractivity contribution in [2.24, 2.45) is 12.0 Å². The molecule has 1 saturated heterocycles. The van der Waals surface area contributed by atoms with Crippen LogP contribution < -0.4 is 5.32 Å². The molecule has 2 fully saturated rings. The van der Waals surface area contributed by atoms with E-state index in [-0.39, 0.29) is 24.0 Å². The molecule has 1 aliphatic carbocycles. The van der Waals surface area contributed by atoms with E-state index in [1.165, 1.54) is 32.1 Å². The number of aromatic nitrogens is 3. The van der Waals surface area contributed by atoms with E-state index in [1.54, 1.807) is 7.11 Å². The van der Waals surface area contributed by atoms with Gasteiger partial charge in [-0.25, -0.2) is 4.99 Å². The molecular weight excluding hydrogens is 481 g/mol. The highest BCUT2D eigenvalue weighted by atomic mass is 127. The maximum absolute atomic E-state index is 5.18. The molecule has 0 aromatic carbocycles. The second-order valence-corrected chi connectivity index (χ2v) is 7.95. The van der Waals surface area contributed by atoms with Gasteiger partial charge in [-0.05, 0) is 26.2 Å². The first-order valence-electron chi connectivity index (χ1n) is 10.8. The smallest absolute Gasteiger partial charge is 0.194 e. The quantitative estimate of drug-likeness (QED) is 0.258. The Labute approximate surface area is 192 Å². The first kappa shape index (κ1) is 24.3. The van der Waals surface area contributed by atoms with Gasteiger partial charge in [-0.1, -0.05) is 19.3 Å². The first-order valence-corrected chi connectivity index (χ1v) is 10.8. The molecule has 0 bridgehead atoms. The standard InChI is InChI=1S/C20H37N7O.HI/c1-17-23-24-19(25(17)2)16-22-20(21-10-7-15-28-3)27-13-11-26(12-14-27)18-8-5-4-6-9-18;/h18H,4-16H2,1-3H3,(H,21,22);1H. The highest BCUT2D eigenvalue weighted by molar-refractivity contribution is 14.0. The summed E-state index contributed by atoms with van der Waals surface area (Å²) < 4.78 is 7.18. The molecule has 166 valence electrons. The number of rotatable bonds is 7. The van der Waals surface area contributed by atoms with Crippen molar-refractivity contribution < 1.29 is 4.74 Å². The monoisotopic (exact) mass is 519 g/mol. The molecule has 0 spiro atoms. The largest absolute Gasteiger partial charge is 0.385 e. The molecular formula is C20H38IN7O. The lowest BCUT2D eigenvalue weighted by atomic mass is 9.94. The summed E-state index contributed by atoms with van der Waals surface area (Å²) in [5, 5.41) is 11.9. The molecule has 1 N–H and O–H groups in total. The molecule has 1 saturated carbocycles. The minimum atomic E-state index is 0. The van der Waals surface area contributed by atoms with Gasteiger partial charge in [-0.3, -0.25) is 4.90 Å². The van der Waals surface area contributed by atoms with Gasteiger partial charge in [0, 0.05) is 59.5 Å². The SMILES string of the molecule is COCCCNC(=NCc1nnc(C)n1C)N1CCN(C2CCCCC2)CC1.I. The van der Waals surface area contributed by atoms with Crippen LogP contribution in [0.4, 0.5) is 0 Å². The highest BCUT2D eigenvalue weighted by Gasteiger charge is 2.26. The second kappa shape index (κ2) is 12.7. The molecule has 9 heteroatoms. The molecule has 3 rings (SSSR count). The fourth-order valence-corrected chi connectivity index (χ4v) is 4.16. The van der Waals surface area contributed by atoms with Crippen LogP contribution in [0.25, 0.3) is 0 Å². The first-order chi connectivity index (χ1) is 13.7. The van der Waals surface area contributed by atoms with Crippen molar-refractivity contribution in [1.29, 1.82) is 0 Å². The molecule has 0 atom stereocenters. The Morgan fingerprint density at radius 2 is 1.86 bits per heavy atom. The third-order valence-electron chi connectivity index (χ3n) is 6.07. The lowest BCUT2D eigenvalue weighted by molar-refractivity contribution is 0.105. The third kappa shape index (κ3) is 7.06. The number of hydrogen-bond acceptors (Lipinski definition) is 5. The van der Waals surface area contributed by atoms with Gasteiger partial charge in [0.25, 0.3) is 0 Å². The predicted molar refractivity (Wildman–Crippen MR) is 127 cm³/mol. The summed E-state index contributed by atoms with van der Waals surface area (Å²) in [4.78, 5) is 9.97. The molecule has 1 aromatic rings. The molecule has 0 unspecified atom stereocenters. The summed E-state index contributed by atoms with van der Waals surface area (Å²) in [7, 11) is 3.74. The molecule has 2 aliphatic rings. The molecule has 8 nitrogen and oxygen atoms in total. The molecule has 1 aliphatic heterocycles. The van der Waals surface area contributed by atoms with Gasteiger partial charge in [-0.15, -0.1) is 34.2 Å². The van der Waals surface area contributed by atoms with Gasteiger partial charge in [0.05, 0.1) is 0 Å². The molecule has 2 heterocycles. The van der Waals surface area contributed by atoms with Crippen molar-refractivity contribution >= 4 is 29.9 Å². The number of halogens is 1. The van der Waals surface area contributed by atoms with E-state index < -0.39 is 0 Å². The molecule has 0 radical (unpaired) electrons. The van der Waals surface area contributed by atoms with Crippen molar-refractivity contribution in [1.82, 2.24) is 29.9 Å². The van der Waals surface area contributed by atoms with Crippen LogP contribution in [0, 0.1) is 6.92 Å². The third-order valence-corrected chi connectivity index (χ3v) is 6.07. The van der Waals surface area contributed by atoms with Crippen LogP contribution in [-0.2, 0) is 18.3 Å². The van der Waals surface area contributed by atoms with E-state index in [0.29, 0.717) is 6.54 Å². The van der Waals surface area contributed by atoms with E-state index in [2.05, 4.69) is 25.3 Å². The predicted octanol–water partition coefficient (Wildman–Crippen LogP) is 2.17. The number of ether oxygens (including phenoxy) is 1. The van der Waals surface area contributed by atoms with E-state index >= 15 is 0 Å². The maximum atomic E-state index is 5.18. The maximum Gasteiger partial charge on any atom is 0.194 e. The Kier molecular flexibility index (Phi) is 10.6. The van der Waals surface area contributed by atoms with Gasteiger partial charge in [-0.2, -0.15) is 0 Å².